The fraction of sp³-hybridized carbons (Fsp3) is 0. The lowest BCUT2D eigenvalue weighted by Gasteiger charge is -1.98. The fourth-order valence-corrected chi connectivity index (χ4v) is 1.89. The molecule has 20 heavy (non-hydrogen) atoms. The molecule has 100 valence electrons. The van der Waals surface area contributed by atoms with Crippen molar-refractivity contribution in [2.24, 2.45) is 0 Å². The highest BCUT2D eigenvalue weighted by Crippen LogP contribution is 2.28. The van der Waals surface area contributed by atoms with Crippen molar-refractivity contribution in [3.8, 4) is 22.8 Å². The van der Waals surface area contributed by atoms with E-state index in [0.717, 1.165) is 12.1 Å². The van der Waals surface area contributed by atoms with Gasteiger partial charge in [0.1, 0.15) is 16.8 Å². The summed E-state index contributed by atoms with van der Waals surface area (Å²) < 4.78 is 32.2. The molecule has 3 aromatic rings. The molecular formula is C13H6ClF2N3O. The number of hydrogen-bond acceptors (Lipinski definition) is 4. The predicted octanol–water partition coefficient (Wildman–Crippen LogP) is 3.73. The molecule has 2 heterocycles. The highest BCUT2D eigenvalue weighted by molar-refractivity contribution is 6.31. The minimum atomic E-state index is -0.769. The van der Waals surface area contributed by atoms with E-state index in [0.29, 0.717) is 5.56 Å². The maximum atomic E-state index is 13.6. The summed E-state index contributed by atoms with van der Waals surface area (Å²) in [5.74, 6) is -1.68. The molecule has 0 spiro atoms. The van der Waals surface area contributed by atoms with Crippen LogP contribution in [0.15, 0.2) is 41.1 Å². The van der Waals surface area contributed by atoms with Gasteiger partial charge in [0.05, 0.1) is 11.1 Å². The molecule has 4 nitrogen and oxygen atoms in total. The summed E-state index contributed by atoms with van der Waals surface area (Å²) in [6.45, 7) is 0. The van der Waals surface area contributed by atoms with E-state index in [1.807, 2.05) is 0 Å². The van der Waals surface area contributed by atoms with E-state index in [2.05, 4.69) is 15.1 Å². The molecular weight excluding hydrogens is 288 g/mol. The van der Waals surface area contributed by atoms with E-state index < -0.39 is 11.6 Å². The summed E-state index contributed by atoms with van der Waals surface area (Å²) in [7, 11) is 0. The zero-order valence-corrected chi connectivity index (χ0v) is 10.6. The molecule has 3 rings (SSSR count). The van der Waals surface area contributed by atoms with Gasteiger partial charge in [-0.1, -0.05) is 22.8 Å². The first-order valence-corrected chi connectivity index (χ1v) is 5.93. The maximum Gasteiger partial charge on any atom is 0.261 e. The predicted molar refractivity (Wildman–Crippen MR) is 67.9 cm³/mol. The highest BCUT2D eigenvalue weighted by atomic mass is 35.5. The third kappa shape index (κ3) is 2.14. The number of hydrogen-bond donors (Lipinski definition) is 0. The van der Waals surface area contributed by atoms with Gasteiger partial charge < -0.3 is 4.52 Å². The van der Waals surface area contributed by atoms with Crippen LogP contribution in [0, 0.1) is 11.6 Å². The van der Waals surface area contributed by atoms with Crippen molar-refractivity contribution in [3.05, 3.63) is 53.3 Å². The Morgan fingerprint density at radius 1 is 1.05 bits per heavy atom. The standard InChI is InChI=1S/C13H6ClF2N3O/c14-11-7(3-2-6-17-11)13-18-12(19-20-13)10-8(15)4-1-5-9(10)16/h1-6H. The lowest BCUT2D eigenvalue weighted by Crippen LogP contribution is -1.91. The largest absolute Gasteiger partial charge is 0.333 e. The molecule has 0 bridgehead atoms. The molecule has 0 atom stereocenters. The van der Waals surface area contributed by atoms with E-state index in [1.165, 1.54) is 12.3 Å². The Morgan fingerprint density at radius 2 is 1.80 bits per heavy atom. The Bertz CT molecular complexity index is 756. The summed E-state index contributed by atoms with van der Waals surface area (Å²) in [5.41, 5.74) is 0.0483. The summed E-state index contributed by atoms with van der Waals surface area (Å²) >= 11 is 5.89. The first-order valence-electron chi connectivity index (χ1n) is 5.56. The van der Waals surface area contributed by atoms with Crippen molar-refractivity contribution < 1.29 is 13.3 Å². The van der Waals surface area contributed by atoms with Gasteiger partial charge in [0, 0.05) is 6.20 Å². The first-order chi connectivity index (χ1) is 9.66. The van der Waals surface area contributed by atoms with Gasteiger partial charge in [0.2, 0.25) is 5.82 Å². The second-order valence-corrected chi connectivity index (χ2v) is 4.22. The lowest BCUT2D eigenvalue weighted by atomic mass is 10.2. The summed E-state index contributed by atoms with van der Waals surface area (Å²) in [6, 6.07) is 6.74. The van der Waals surface area contributed by atoms with Crippen LogP contribution in [0.2, 0.25) is 5.15 Å². The second kappa shape index (κ2) is 4.97. The van der Waals surface area contributed by atoms with Gasteiger partial charge in [0.25, 0.3) is 5.89 Å². The van der Waals surface area contributed by atoms with E-state index in [1.54, 1.807) is 12.1 Å². The van der Waals surface area contributed by atoms with Gasteiger partial charge in [-0.25, -0.2) is 13.8 Å². The van der Waals surface area contributed by atoms with Gasteiger partial charge in [-0.15, -0.1) is 0 Å². The molecule has 0 fully saturated rings. The third-order valence-corrected chi connectivity index (χ3v) is 2.90. The van der Waals surface area contributed by atoms with E-state index in [9.17, 15) is 8.78 Å². The quantitative estimate of drug-likeness (QED) is 0.676. The Morgan fingerprint density at radius 3 is 2.50 bits per heavy atom. The molecule has 0 amide bonds. The van der Waals surface area contributed by atoms with Crippen LogP contribution < -0.4 is 0 Å². The van der Waals surface area contributed by atoms with E-state index >= 15 is 0 Å². The third-order valence-electron chi connectivity index (χ3n) is 2.60. The Hall–Kier alpha value is -2.34. The van der Waals surface area contributed by atoms with Crippen molar-refractivity contribution in [2.75, 3.05) is 0 Å². The van der Waals surface area contributed by atoms with Crippen LogP contribution in [0.1, 0.15) is 0 Å². The fourth-order valence-electron chi connectivity index (χ4n) is 1.69. The molecule has 0 aliphatic heterocycles. The topological polar surface area (TPSA) is 51.8 Å². The van der Waals surface area contributed by atoms with Crippen LogP contribution in [0.3, 0.4) is 0 Å². The number of nitrogens with zero attached hydrogens (tertiary/aromatic N) is 3. The monoisotopic (exact) mass is 293 g/mol. The van der Waals surface area contributed by atoms with Crippen LogP contribution in [-0.2, 0) is 0 Å². The van der Waals surface area contributed by atoms with Gasteiger partial charge >= 0.3 is 0 Å². The van der Waals surface area contributed by atoms with Gasteiger partial charge in [-0.2, -0.15) is 4.98 Å². The van der Waals surface area contributed by atoms with Crippen LogP contribution in [-0.4, -0.2) is 15.1 Å². The van der Waals surface area contributed by atoms with Gasteiger partial charge in [-0.05, 0) is 24.3 Å². The molecule has 7 heteroatoms. The zero-order chi connectivity index (χ0) is 14.1. The van der Waals surface area contributed by atoms with Gasteiger partial charge in [-0.3, -0.25) is 0 Å². The molecule has 1 aromatic carbocycles. The van der Waals surface area contributed by atoms with Crippen LogP contribution in [0.5, 0.6) is 0 Å². The second-order valence-electron chi connectivity index (χ2n) is 3.86. The number of aromatic nitrogens is 3. The molecule has 0 radical (unpaired) electrons. The Labute approximate surface area is 117 Å². The number of benzene rings is 1. The molecule has 0 saturated carbocycles. The lowest BCUT2D eigenvalue weighted by molar-refractivity contribution is 0.431. The first kappa shape index (κ1) is 12.7. The smallest absolute Gasteiger partial charge is 0.261 e. The van der Waals surface area contributed by atoms with E-state index in [-0.39, 0.29) is 22.4 Å². The molecule has 0 aliphatic rings. The molecule has 0 N–H and O–H groups in total. The molecule has 0 unspecified atom stereocenters. The van der Waals surface area contributed by atoms with E-state index in [4.69, 9.17) is 16.1 Å². The maximum absolute atomic E-state index is 13.6. The molecule has 2 aromatic heterocycles. The minimum Gasteiger partial charge on any atom is -0.333 e. The van der Waals surface area contributed by atoms with Crippen LogP contribution in [0.4, 0.5) is 8.78 Å². The molecule has 0 aliphatic carbocycles. The SMILES string of the molecule is Fc1cccc(F)c1-c1noc(-c2cccnc2Cl)n1. The number of halogens is 3. The van der Waals surface area contributed by atoms with Gasteiger partial charge in [0.15, 0.2) is 0 Å². The molecule has 0 saturated heterocycles. The Kier molecular flexibility index (Phi) is 3.15. The summed E-state index contributed by atoms with van der Waals surface area (Å²) in [4.78, 5) is 7.81. The van der Waals surface area contributed by atoms with Crippen molar-refractivity contribution in [3.63, 3.8) is 0 Å². The minimum absolute atomic E-state index is 0.0424. The summed E-state index contributed by atoms with van der Waals surface area (Å²) in [6.07, 6.45) is 1.50. The van der Waals surface area contributed by atoms with Crippen LogP contribution >= 0.6 is 11.6 Å². The summed E-state index contributed by atoms with van der Waals surface area (Å²) in [5, 5.41) is 3.74. The van der Waals surface area contributed by atoms with Crippen molar-refractivity contribution in [1.82, 2.24) is 15.1 Å². The number of pyridine rings is 1. The van der Waals surface area contributed by atoms with Crippen molar-refractivity contribution in [2.45, 2.75) is 0 Å². The Balaban J connectivity index is 2.10. The average Bonchev–Trinajstić information content (AvgIpc) is 2.88. The number of rotatable bonds is 2. The van der Waals surface area contributed by atoms with Crippen molar-refractivity contribution >= 4 is 11.6 Å². The highest BCUT2D eigenvalue weighted by Gasteiger charge is 2.19. The zero-order valence-electron chi connectivity index (χ0n) is 9.85. The van der Waals surface area contributed by atoms with Crippen LogP contribution in [0.25, 0.3) is 22.8 Å². The average molecular weight is 294 g/mol. The normalized spacial score (nSPS) is 10.8. The van der Waals surface area contributed by atoms with Crippen molar-refractivity contribution in [1.29, 1.82) is 0 Å².